The fraction of sp³-hybridized carbons (Fsp3) is 0.364. The van der Waals surface area contributed by atoms with Gasteiger partial charge in [-0.2, -0.15) is 0 Å². The van der Waals surface area contributed by atoms with Crippen LogP contribution in [0.25, 0.3) is 0 Å². The minimum Gasteiger partial charge on any atom is -0.479 e. The van der Waals surface area contributed by atoms with Crippen LogP contribution >= 0.6 is 0 Å². The maximum atomic E-state index is 12.7. The average Bonchev–Trinajstić information content (AvgIpc) is 2.17. The molecule has 0 amide bonds. The smallest absolute Gasteiger partial charge is 0.333 e. The molecule has 82 valence electrons. The van der Waals surface area contributed by atoms with Gasteiger partial charge >= 0.3 is 5.97 Å². The molecule has 0 saturated carbocycles. The summed E-state index contributed by atoms with van der Waals surface area (Å²) in [7, 11) is 0. The Bertz CT molecular complexity index is 357. The molecule has 1 aromatic rings. The quantitative estimate of drug-likeness (QED) is 0.799. The monoisotopic (exact) mass is 212 g/mol. The number of benzene rings is 1. The molecule has 0 saturated heterocycles. The van der Waals surface area contributed by atoms with Gasteiger partial charge in [0, 0.05) is 5.41 Å². The number of halogens is 1. The summed E-state index contributed by atoms with van der Waals surface area (Å²) < 4.78 is 12.7. The lowest BCUT2D eigenvalue weighted by Crippen LogP contribution is -2.39. The molecule has 0 aromatic heterocycles. The Kier molecular flexibility index (Phi) is 3.09. The highest BCUT2D eigenvalue weighted by Crippen LogP contribution is 2.27. The van der Waals surface area contributed by atoms with E-state index in [2.05, 4.69) is 0 Å². The third kappa shape index (κ3) is 2.33. The van der Waals surface area contributed by atoms with Gasteiger partial charge in [0.1, 0.15) is 5.82 Å². The van der Waals surface area contributed by atoms with Gasteiger partial charge in [-0.3, -0.25) is 0 Å². The molecule has 2 N–H and O–H groups in total. The van der Waals surface area contributed by atoms with Gasteiger partial charge in [0.05, 0.1) is 0 Å². The van der Waals surface area contributed by atoms with Gasteiger partial charge < -0.3 is 10.2 Å². The summed E-state index contributed by atoms with van der Waals surface area (Å²) in [4.78, 5) is 10.7. The first-order chi connectivity index (χ1) is 6.85. The van der Waals surface area contributed by atoms with Gasteiger partial charge in [-0.05, 0) is 17.7 Å². The van der Waals surface area contributed by atoms with Crippen LogP contribution in [0.15, 0.2) is 24.3 Å². The Hall–Kier alpha value is -1.42. The van der Waals surface area contributed by atoms with Crippen molar-refractivity contribution < 1.29 is 19.4 Å². The van der Waals surface area contributed by atoms with Crippen LogP contribution in [-0.2, 0) is 10.2 Å². The minimum atomic E-state index is -1.51. The molecule has 0 aliphatic rings. The second-order valence-electron chi connectivity index (χ2n) is 3.97. The van der Waals surface area contributed by atoms with Gasteiger partial charge in [0.2, 0.25) is 0 Å². The molecule has 0 spiro atoms. The molecule has 1 unspecified atom stereocenters. The Morgan fingerprint density at radius 3 is 2.20 bits per heavy atom. The molecule has 3 nitrogen and oxygen atoms in total. The van der Waals surface area contributed by atoms with Gasteiger partial charge in [-0.1, -0.05) is 26.0 Å². The first-order valence-corrected chi connectivity index (χ1v) is 4.52. The molecule has 0 aliphatic heterocycles. The fourth-order valence-corrected chi connectivity index (χ4v) is 1.35. The van der Waals surface area contributed by atoms with Gasteiger partial charge in [0.15, 0.2) is 6.10 Å². The number of carboxylic acids is 1. The number of rotatable bonds is 3. The Labute approximate surface area is 87.2 Å². The molecule has 1 aromatic carbocycles. The first-order valence-electron chi connectivity index (χ1n) is 4.52. The highest BCUT2D eigenvalue weighted by atomic mass is 19.1. The normalized spacial score (nSPS) is 13.6. The predicted molar refractivity (Wildman–Crippen MR) is 53.1 cm³/mol. The standard InChI is InChI=1S/C11H13FO3/c1-11(2,9(13)10(14)15)7-3-5-8(12)6-4-7/h3-6,9,13H,1-2H3,(H,14,15). The zero-order chi connectivity index (χ0) is 11.6. The van der Waals surface area contributed by atoms with Crippen LogP contribution in [0.1, 0.15) is 19.4 Å². The van der Waals surface area contributed by atoms with Crippen LogP contribution in [0.5, 0.6) is 0 Å². The van der Waals surface area contributed by atoms with E-state index >= 15 is 0 Å². The van der Waals surface area contributed by atoms with Crippen molar-refractivity contribution in [2.75, 3.05) is 0 Å². The predicted octanol–water partition coefficient (Wildman–Crippen LogP) is 1.55. The molecular weight excluding hydrogens is 199 g/mol. The van der Waals surface area contributed by atoms with Crippen LogP contribution < -0.4 is 0 Å². The van der Waals surface area contributed by atoms with Gasteiger partial charge in [0.25, 0.3) is 0 Å². The van der Waals surface area contributed by atoms with Gasteiger partial charge in [-0.25, -0.2) is 9.18 Å². The van der Waals surface area contributed by atoms with E-state index in [1.54, 1.807) is 13.8 Å². The molecule has 1 rings (SSSR count). The third-order valence-electron chi connectivity index (χ3n) is 2.51. The maximum Gasteiger partial charge on any atom is 0.333 e. The average molecular weight is 212 g/mol. The van der Waals surface area contributed by atoms with Crippen LogP contribution in [0.3, 0.4) is 0 Å². The molecule has 1 atom stereocenters. The van der Waals surface area contributed by atoms with E-state index in [1.165, 1.54) is 24.3 Å². The largest absolute Gasteiger partial charge is 0.479 e. The fourth-order valence-electron chi connectivity index (χ4n) is 1.35. The molecule has 0 bridgehead atoms. The van der Waals surface area contributed by atoms with Crippen LogP contribution in [-0.4, -0.2) is 22.3 Å². The third-order valence-corrected chi connectivity index (χ3v) is 2.51. The van der Waals surface area contributed by atoms with Crippen molar-refractivity contribution in [1.82, 2.24) is 0 Å². The van der Waals surface area contributed by atoms with E-state index in [0.717, 1.165) is 0 Å². The SMILES string of the molecule is CC(C)(c1ccc(F)cc1)C(O)C(=O)O. The van der Waals surface area contributed by atoms with Crippen LogP contribution in [0.4, 0.5) is 4.39 Å². The number of aliphatic hydroxyl groups is 1. The lowest BCUT2D eigenvalue weighted by Gasteiger charge is -2.28. The summed E-state index contributed by atoms with van der Waals surface area (Å²) in [5.74, 6) is -1.68. The molecular formula is C11H13FO3. The van der Waals surface area contributed by atoms with E-state index in [1.807, 2.05) is 0 Å². The second kappa shape index (κ2) is 3.98. The summed E-state index contributed by atoms with van der Waals surface area (Å²) >= 11 is 0. The number of carbonyl (C=O) groups is 1. The highest BCUT2D eigenvalue weighted by Gasteiger charge is 2.34. The molecule has 4 heteroatoms. The maximum absolute atomic E-state index is 12.7. The van der Waals surface area contributed by atoms with E-state index in [0.29, 0.717) is 5.56 Å². The number of aliphatic carboxylic acids is 1. The van der Waals surface area contributed by atoms with Crippen molar-refractivity contribution in [3.05, 3.63) is 35.6 Å². The summed E-state index contributed by atoms with van der Waals surface area (Å²) in [5.41, 5.74) is -0.363. The first kappa shape index (κ1) is 11.7. The number of hydrogen-bond donors (Lipinski definition) is 2. The number of aliphatic hydroxyl groups excluding tert-OH is 1. The summed E-state index contributed by atoms with van der Waals surface area (Å²) in [6.07, 6.45) is -1.51. The lowest BCUT2D eigenvalue weighted by atomic mass is 9.79. The summed E-state index contributed by atoms with van der Waals surface area (Å²) in [5, 5.41) is 18.2. The lowest BCUT2D eigenvalue weighted by molar-refractivity contribution is -0.150. The summed E-state index contributed by atoms with van der Waals surface area (Å²) in [6, 6.07) is 5.43. The Morgan fingerprint density at radius 1 is 1.33 bits per heavy atom. The van der Waals surface area contributed by atoms with E-state index in [-0.39, 0.29) is 5.82 Å². The molecule has 0 radical (unpaired) electrons. The molecule has 0 fully saturated rings. The number of hydrogen-bond acceptors (Lipinski definition) is 2. The van der Waals surface area contributed by atoms with E-state index < -0.39 is 17.5 Å². The van der Waals surface area contributed by atoms with Crippen molar-refractivity contribution in [2.45, 2.75) is 25.4 Å². The molecule has 0 heterocycles. The zero-order valence-corrected chi connectivity index (χ0v) is 8.57. The van der Waals surface area contributed by atoms with Crippen molar-refractivity contribution in [1.29, 1.82) is 0 Å². The van der Waals surface area contributed by atoms with E-state index in [9.17, 15) is 14.3 Å². The van der Waals surface area contributed by atoms with Crippen molar-refractivity contribution in [3.8, 4) is 0 Å². The van der Waals surface area contributed by atoms with E-state index in [4.69, 9.17) is 5.11 Å². The van der Waals surface area contributed by atoms with Crippen molar-refractivity contribution >= 4 is 5.97 Å². The highest BCUT2D eigenvalue weighted by molar-refractivity contribution is 5.74. The number of carboxylic acid groups (broad SMARTS) is 1. The Balaban J connectivity index is 3.05. The molecule has 0 aliphatic carbocycles. The van der Waals surface area contributed by atoms with Crippen molar-refractivity contribution in [3.63, 3.8) is 0 Å². The Morgan fingerprint density at radius 2 is 1.80 bits per heavy atom. The zero-order valence-electron chi connectivity index (χ0n) is 8.57. The second-order valence-corrected chi connectivity index (χ2v) is 3.97. The summed E-state index contributed by atoms with van der Waals surface area (Å²) in [6.45, 7) is 3.19. The van der Waals surface area contributed by atoms with Crippen LogP contribution in [0.2, 0.25) is 0 Å². The topological polar surface area (TPSA) is 57.5 Å². The van der Waals surface area contributed by atoms with Crippen molar-refractivity contribution in [2.24, 2.45) is 0 Å². The molecule has 15 heavy (non-hydrogen) atoms. The van der Waals surface area contributed by atoms with Gasteiger partial charge in [-0.15, -0.1) is 0 Å². The minimum absolute atomic E-state index is 0.389. The van der Waals surface area contributed by atoms with Crippen LogP contribution in [0, 0.1) is 5.82 Å².